The minimum absolute atomic E-state index is 0.180. The normalized spacial score (nSPS) is 31.2. The third-order valence-electron chi connectivity index (χ3n) is 2.79. The van der Waals surface area contributed by atoms with Gasteiger partial charge in [0.1, 0.15) is 0 Å². The lowest BCUT2D eigenvalue weighted by molar-refractivity contribution is -0.0173. The van der Waals surface area contributed by atoms with Gasteiger partial charge in [-0.1, -0.05) is 18.9 Å². The summed E-state index contributed by atoms with van der Waals surface area (Å²) in [6.07, 6.45) is 7.47. The Labute approximate surface area is 81.4 Å². The van der Waals surface area contributed by atoms with E-state index in [1.807, 2.05) is 20.0 Å². The fourth-order valence-electron chi connectivity index (χ4n) is 1.92. The van der Waals surface area contributed by atoms with E-state index in [9.17, 15) is 0 Å². The van der Waals surface area contributed by atoms with Crippen molar-refractivity contribution >= 4 is 0 Å². The largest absolute Gasteiger partial charge is 0.370 e. The summed E-state index contributed by atoms with van der Waals surface area (Å²) in [6, 6.07) is 0.538. The number of hydrogen-bond acceptors (Lipinski definition) is 2. The second-order valence-corrected chi connectivity index (χ2v) is 3.79. The van der Waals surface area contributed by atoms with Crippen molar-refractivity contribution in [3.05, 3.63) is 12.7 Å². The van der Waals surface area contributed by atoms with E-state index in [1.165, 1.54) is 25.7 Å². The summed E-state index contributed by atoms with van der Waals surface area (Å²) >= 11 is 0. The highest BCUT2D eigenvalue weighted by Crippen LogP contribution is 2.22. The molecule has 3 atom stereocenters. The predicted molar refractivity (Wildman–Crippen MR) is 55.8 cm³/mol. The van der Waals surface area contributed by atoms with Crippen LogP contribution in [-0.4, -0.2) is 25.3 Å². The molecule has 0 radical (unpaired) electrons. The average molecular weight is 183 g/mol. The van der Waals surface area contributed by atoms with Crippen LogP contribution < -0.4 is 5.32 Å². The summed E-state index contributed by atoms with van der Waals surface area (Å²) in [5, 5.41) is 3.32. The maximum Gasteiger partial charge on any atom is 0.0735 e. The molecular formula is C11H21NO. The topological polar surface area (TPSA) is 21.3 Å². The van der Waals surface area contributed by atoms with E-state index in [4.69, 9.17) is 4.74 Å². The molecule has 0 aromatic carbocycles. The molecule has 1 fully saturated rings. The Hall–Kier alpha value is -0.340. The van der Waals surface area contributed by atoms with E-state index < -0.39 is 0 Å². The predicted octanol–water partition coefficient (Wildman–Crippen LogP) is 2.11. The summed E-state index contributed by atoms with van der Waals surface area (Å²) in [5.41, 5.74) is 0. The molecule has 1 aliphatic rings. The van der Waals surface area contributed by atoms with E-state index in [2.05, 4.69) is 11.9 Å². The molecule has 1 N–H and O–H groups in total. The molecule has 0 aromatic rings. The molecule has 1 saturated carbocycles. The molecule has 2 heteroatoms. The number of rotatable bonds is 4. The van der Waals surface area contributed by atoms with Gasteiger partial charge in [0, 0.05) is 6.04 Å². The van der Waals surface area contributed by atoms with Crippen molar-refractivity contribution in [1.29, 1.82) is 0 Å². The minimum Gasteiger partial charge on any atom is -0.370 e. The zero-order valence-corrected chi connectivity index (χ0v) is 8.75. The first-order chi connectivity index (χ1) is 6.27. The third-order valence-corrected chi connectivity index (χ3v) is 2.79. The van der Waals surface area contributed by atoms with E-state index in [0.717, 1.165) is 0 Å². The van der Waals surface area contributed by atoms with Crippen LogP contribution >= 0.6 is 0 Å². The van der Waals surface area contributed by atoms with E-state index in [-0.39, 0.29) is 6.10 Å². The monoisotopic (exact) mass is 183 g/mol. The Bertz CT molecular complexity index is 158. The maximum atomic E-state index is 5.86. The summed E-state index contributed by atoms with van der Waals surface area (Å²) < 4.78 is 5.86. The van der Waals surface area contributed by atoms with Crippen LogP contribution in [0.4, 0.5) is 0 Å². The lowest BCUT2D eigenvalue weighted by Gasteiger charge is -2.32. The molecule has 0 spiro atoms. The first-order valence-electron chi connectivity index (χ1n) is 5.23. The molecular weight excluding hydrogens is 162 g/mol. The highest BCUT2D eigenvalue weighted by Gasteiger charge is 2.25. The second-order valence-electron chi connectivity index (χ2n) is 3.79. The van der Waals surface area contributed by atoms with Crippen molar-refractivity contribution in [3.63, 3.8) is 0 Å². The first-order valence-corrected chi connectivity index (χ1v) is 5.23. The SMILES string of the molecule is C=CC(C)OC1CCCCC1NC. The molecule has 1 rings (SSSR count). The first kappa shape index (κ1) is 10.7. The molecule has 2 nitrogen and oxygen atoms in total. The van der Waals surface area contributed by atoms with Gasteiger partial charge in [-0.3, -0.25) is 0 Å². The van der Waals surface area contributed by atoms with Crippen molar-refractivity contribution in [2.24, 2.45) is 0 Å². The Morgan fingerprint density at radius 3 is 2.77 bits per heavy atom. The van der Waals surface area contributed by atoms with E-state index in [1.54, 1.807) is 0 Å². The molecule has 0 heterocycles. The Kier molecular flexibility index (Phi) is 4.46. The van der Waals surface area contributed by atoms with Gasteiger partial charge in [0.05, 0.1) is 12.2 Å². The van der Waals surface area contributed by atoms with Crippen molar-refractivity contribution in [2.45, 2.75) is 50.9 Å². The van der Waals surface area contributed by atoms with Crippen LogP contribution in [0.3, 0.4) is 0 Å². The van der Waals surface area contributed by atoms with Crippen LogP contribution in [0.2, 0.25) is 0 Å². The van der Waals surface area contributed by atoms with Crippen LogP contribution in [0.15, 0.2) is 12.7 Å². The quantitative estimate of drug-likeness (QED) is 0.674. The molecule has 0 saturated heterocycles. The van der Waals surface area contributed by atoms with Crippen LogP contribution in [0.1, 0.15) is 32.6 Å². The molecule has 1 aliphatic carbocycles. The number of likely N-dealkylation sites (N-methyl/N-ethyl adjacent to an activating group) is 1. The van der Waals surface area contributed by atoms with Crippen molar-refractivity contribution < 1.29 is 4.74 Å². The van der Waals surface area contributed by atoms with Gasteiger partial charge in [-0.2, -0.15) is 0 Å². The fraction of sp³-hybridized carbons (Fsp3) is 0.818. The summed E-state index contributed by atoms with van der Waals surface area (Å²) in [7, 11) is 2.02. The smallest absolute Gasteiger partial charge is 0.0735 e. The van der Waals surface area contributed by atoms with Crippen LogP contribution in [0, 0.1) is 0 Å². The van der Waals surface area contributed by atoms with Crippen LogP contribution in [-0.2, 0) is 4.74 Å². The Balaban J connectivity index is 2.39. The Morgan fingerprint density at radius 2 is 2.15 bits per heavy atom. The van der Waals surface area contributed by atoms with Gasteiger partial charge >= 0.3 is 0 Å². The molecule has 0 bridgehead atoms. The highest BCUT2D eigenvalue weighted by molar-refractivity contribution is 4.84. The van der Waals surface area contributed by atoms with Crippen molar-refractivity contribution in [2.75, 3.05) is 7.05 Å². The molecule has 76 valence electrons. The van der Waals surface area contributed by atoms with Crippen LogP contribution in [0.5, 0.6) is 0 Å². The molecule has 0 aromatic heterocycles. The van der Waals surface area contributed by atoms with Gasteiger partial charge in [-0.15, -0.1) is 6.58 Å². The zero-order valence-electron chi connectivity index (χ0n) is 8.75. The highest BCUT2D eigenvalue weighted by atomic mass is 16.5. The molecule has 3 unspecified atom stereocenters. The summed E-state index contributed by atoms with van der Waals surface area (Å²) in [5.74, 6) is 0. The standard InChI is InChI=1S/C11H21NO/c1-4-9(2)13-11-8-6-5-7-10(11)12-3/h4,9-12H,1,5-8H2,2-3H3. The molecule has 0 amide bonds. The van der Waals surface area contributed by atoms with Gasteiger partial charge in [-0.05, 0) is 26.8 Å². The average Bonchev–Trinajstić information content (AvgIpc) is 2.18. The van der Waals surface area contributed by atoms with E-state index in [0.29, 0.717) is 12.1 Å². The minimum atomic E-state index is 0.180. The Morgan fingerprint density at radius 1 is 1.46 bits per heavy atom. The zero-order chi connectivity index (χ0) is 9.68. The van der Waals surface area contributed by atoms with Gasteiger partial charge in [0.25, 0.3) is 0 Å². The maximum absolute atomic E-state index is 5.86. The number of nitrogens with one attached hydrogen (secondary N) is 1. The summed E-state index contributed by atoms with van der Waals surface area (Å²) in [4.78, 5) is 0. The third kappa shape index (κ3) is 3.12. The van der Waals surface area contributed by atoms with Crippen LogP contribution in [0.25, 0.3) is 0 Å². The lowest BCUT2D eigenvalue weighted by atomic mass is 9.92. The van der Waals surface area contributed by atoms with E-state index >= 15 is 0 Å². The number of ether oxygens (including phenoxy) is 1. The van der Waals surface area contributed by atoms with Gasteiger partial charge in [-0.25, -0.2) is 0 Å². The number of hydrogen-bond donors (Lipinski definition) is 1. The second kappa shape index (κ2) is 5.40. The van der Waals surface area contributed by atoms with Crippen molar-refractivity contribution in [3.8, 4) is 0 Å². The summed E-state index contributed by atoms with van der Waals surface area (Å²) in [6.45, 7) is 5.78. The van der Waals surface area contributed by atoms with Gasteiger partial charge < -0.3 is 10.1 Å². The van der Waals surface area contributed by atoms with Gasteiger partial charge in [0.15, 0.2) is 0 Å². The molecule has 13 heavy (non-hydrogen) atoms. The molecule has 0 aliphatic heterocycles. The fourth-order valence-corrected chi connectivity index (χ4v) is 1.92. The van der Waals surface area contributed by atoms with Gasteiger partial charge in [0.2, 0.25) is 0 Å². The van der Waals surface area contributed by atoms with Crippen molar-refractivity contribution in [1.82, 2.24) is 5.32 Å². The lowest BCUT2D eigenvalue weighted by Crippen LogP contribution is -2.42.